The minimum absolute atomic E-state index is 0.0116. The van der Waals surface area contributed by atoms with E-state index in [1.54, 1.807) is 6.33 Å². The molecule has 5 nitrogen and oxygen atoms in total. The minimum atomic E-state index is -0.0463. The third-order valence-electron chi connectivity index (χ3n) is 3.41. The number of fused-ring (bicyclic) bond motifs is 1. The summed E-state index contributed by atoms with van der Waals surface area (Å²) in [6, 6.07) is -0.0116. The van der Waals surface area contributed by atoms with E-state index in [-0.39, 0.29) is 12.6 Å². The van der Waals surface area contributed by atoms with E-state index >= 15 is 0 Å². The fourth-order valence-corrected chi connectivity index (χ4v) is 2.46. The van der Waals surface area contributed by atoms with Gasteiger partial charge < -0.3 is 9.67 Å². The summed E-state index contributed by atoms with van der Waals surface area (Å²) in [7, 11) is 0. The molecule has 0 aliphatic carbocycles. The lowest BCUT2D eigenvalue weighted by molar-refractivity contribution is 0.309. The van der Waals surface area contributed by atoms with E-state index in [1.165, 1.54) is 6.33 Å². The van der Waals surface area contributed by atoms with Crippen molar-refractivity contribution in [2.75, 3.05) is 6.61 Å². The largest absolute Gasteiger partial charge is 0.392 e. The summed E-state index contributed by atoms with van der Waals surface area (Å²) < 4.78 is 1.93. The normalized spacial score (nSPS) is 12.8. The number of aromatic nitrogens is 4. The molecule has 2 aromatic heterocycles. The Kier molecular flexibility index (Phi) is 5.09. The number of hydrogen-bond donors (Lipinski definition) is 1. The molecule has 0 saturated carbocycles. The van der Waals surface area contributed by atoms with Gasteiger partial charge >= 0.3 is 0 Å². The maximum absolute atomic E-state index is 9.40. The van der Waals surface area contributed by atoms with Crippen molar-refractivity contribution in [3.63, 3.8) is 0 Å². The average Bonchev–Trinajstić information content (AvgIpc) is 2.88. The molecule has 0 aliphatic rings. The Balaban J connectivity index is 2.35. The van der Waals surface area contributed by atoms with Gasteiger partial charge in [-0.05, 0) is 12.0 Å². The van der Waals surface area contributed by atoms with Crippen molar-refractivity contribution in [2.24, 2.45) is 0 Å². The van der Waals surface area contributed by atoms with Crippen molar-refractivity contribution in [1.29, 1.82) is 0 Å². The highest BCUT2D eigenvalue weighted by atomic mass is 35.5. The second-order valence-electron chi connectivity index (χ2n) is 4.82. The minimum Gasteiger partial charge on any atom is -0.392 e. The fourth-order valence-electron chi connectivity index (χ4n) is 2.28. The van der Waals surface area contributed by atoms with Gasteiger partial charge in [-0.2, -0.15) is 0 Å². The van der Waals surface area contributed by atoms with Crippen molar-refractivity contribution in [1.82, 2.24) is 19.5 Å². The van der Waals surface area contributed by atoms with Crippen molar-refractivity contribution in [3.05, 3.63) is 30.0 Å². The Bertz CT molecular complexity index is 596. The summed E-state index contributed by atoms with van der Waals surface area (Å²) in [5, 5.41) is 9.74. The van der Waals surface area contributed by atoms with Crippen LogP contribution in [0.3, 0.4) is 0 Å². The lowest BCUT2D eigenvalue weighted by atomic mass is 10.0. The summed E-state index contributed by atoms with van der Waals surface area (Å²) in [5.74, 6) is 0. The molecule has 0 radical (unpaired) electrons. The van der Waals surface area contributed by atoms with Crippen LogP contribution >= 0.6 is 11.6 Å². The van der Waals surface area contributed by atoms with Crippen LogP contribution in [0.2, 0.25) is 5.15 Å². The molecule has 6 heteroatoms. The van der Waals surface area contributed by atoms with Gasteiger partial charge in [0.1, 0.15) is 11.8 Å². The van der Waals surface area contributed by atoms with Crippen LogP contribution in [-0.2, 0) is 0 Å². The second-order valence-corrected chi connectivity index (χ2v) is 5.17. The number of aliphatic hydroxyl groups is 1. The van der Waals surface area contributed by atoms with Gasteiger partial charge in [0, 0.05) is 0 Å². The van der Waals surface area contributed by atoms with E-state index < -0.39 is 0 Å². The standard InChI is InChI=1S/C14H19ClN4O/c1-3-4-5-6-11(10(2)7-20)19-9-18-12-13(15)16-8-17-14(12)19/h8-9,11,20H,2-7H2,1H3. The van der Waals surface area contributed by atoms with Crippen LogP contribution in [0.1, 0.15) is 38.6 Å². The monoisotopic (exact) mass is 294 g/mol. The lowest BCUT2D eigenvalue weighted by Gasteiger charge is -2.20. The molecule has 0 bridgehead atoms. The molecule has 1 N–H and O–H groups in total. The molecule has 0 aliphatic heterocycles. The Hall–Kier alpha value is -1.46. The molecular formula is C14H19ClN4O. The highest BCUT2D eigenvalue weighted by molar-refractivity contribution is 6.33. The zero-order valence-electron chi connectivity index (χ0n) is 11.6. The molecule has 0 amide bonds. The summed E-state index contributed by atoms with van der Waals surface area (Å²) in [5.41, 5.74) is 2.02. The lowest BCUT2D eigenvalue weighted by Crippen LogP contribution is -2.13. The number of halogens is 1. The van der Waals surface area contributed by atoms with Crippen LogP contribution in [0.25, 0.3) is 11.2 Å². The van der Waals surface area contributed by atoms with Crippen LogP contribution in [0.5, 0.6) is 0 Å². The smallest absolute Gasteiger partial charge is 0.165 e. The first kappa shape index (κ1) is 14.9. The van der Waals surface area contributed by atoms with E-state index in [9.17, 15) is 5.11 Å². The first-order valence-corrected chi connectivity index (χ1v) is 7.18. The van der Waals surface area contributed by atoms with Crippen molar-refractivity contribution in [2.45, 2.75) is 38.6 Å². The molecule has 1 atom stereocenters. The molecule has 20 heavy (non-hydrogen) atoms. The summed E-state index contributed by atoms with van der Waals surface area (Å²) in [6.07, 6.45) is 7.39. The van der Waals surface area contributed by atoms with Gasteiger partial charge in [-0.15, -0.1) is 0 Å². The predicted molar refractivity (Wildman–Crippen MR) is 79.7 cm³/mol. The molecule has 1 unspecified atom stereocenters. The molecule has 0 spiro atoms. The molecule has 2 aromatic rings. The molecule has 108 valence electrons. The number of hydrogen-bond acceptors (Lipinski definition) is 4. The van der Waals surface area contributed by atoms with Crippen molar-refractivity contribution in [3.8, 4) is 0 Å². The SMILES string of the molecule is C=C(CO)C(CCCCC)n1cnc2c(Cl)ncnc21. The number of nitrogens with zero attached hydrogens (tertiary/aromatic N) is 4. The van der Waals surface area contributed by atoms with Crippen LogP contribution < -0.4 is 0 Å². The maximum atomic E-state index is 9.40. The van der Waals surface area contributed by atoms with E-state index in [4.69, 9.17) is 11.6 Å². The van der Waals surface area contributed by atoms with Crippen LogP contribution in [0.4, 0.5) is 0 Å². The van der Waals surface area contributed by atoms with Gasteiger partial charge in [0.25, 0.3) is 0 Å². The number of imidazole rings is 1. The quantitative estimate of drug-likeness (QED) is 0.484. The number of aliphatic hydroxyl groups excluding tert-OH is 1. The number of unbranched alkanes of at least 4 members (excludes halogenated alkanes) is 2. The molecule has 2 heterocycles. The van der Waals surface area contributed by atoms with Gasteiger partial charge in [-0.25, -0.2) is 15.0 Å². The Morgan fingerprint density at radius 1 is 1.40 bits per heavy atom. The second kappa shape index (κ2) is 6.81. The highest BCUT2D eigenvalue weighted by Crippen LogP contribution is 2.27. The summed E-state index contributed by atoms with van der Waals surface area (Å²) in [6.45, 7) is 6.08. The molecule has 0 fully saturated rings. The Morgan fingerprint density at radius 2 is 2.20 bits per heavy atom. The Morgan fingerprint density at radius 3 is 2.90 bits per heavy atom. The predicted octanol–water partition coefficient (Wildman–Crippen LogP) is 3.15. The van der Waals surface area contributed by atoms with Crippen LogP contribution in [0, 0.1) is 0 Å². The third-order valence-corrected chi connectivity index (χ3v) is 3.68. The first-order valence-electron chi connectivity index (χ1n) is 6.80. The van der Waals surface area contributed by atoms with E-state index in [1.807, 2.05) is 4.57 Å². The third kappa shape index (κ3) is 2.99. The summed E-state index contributed by atoms with van der Waals surface area (Å²) >= 11 is 6.02. The van der Waals surface area contributed by atoms with Gasteiger partial charge in [-0.1, -0.05) is 44.4 Å². The van der Waals surface area contributed by atoms with Crippen molar-refractivity contribution >= 4 is 22.8 Å². The average molecular weight is 295 g/mol. The molecular weight excluding hydrogens is 276 g/mol. The number of rotatable bonds is 7. The van der Waals surface area contributed by atoms with Crippen LogP contribution in [0.15, 0.2) is 24.8 Å². The highest BCUT2D eigenvalue weighted by Gasteiger charge is 2.18. The molecule has 0 saturated heterocycles. The van der Waals surface area contributed by atoms with E-state index in [0.717, 1.165) is 31.3 Å². The Labute approximate surface area is 123 Å². The van der Waals surface area contributed by atoms with E-state index in [2.05, 4.69) is 28.5 Å². The summed E-state index contributed by atoms with van der Waals surface area (Å²) in [4.78, 5) is 12.4. The van der Waals surface area contributed by atoms with Crippen molar-refractivity contribution < 1.29 is 5.11 Å². The van der Waals surface area contributed by atoms with Gasteiger partial charge in [0.05, 0.1) is 19.0 Å². The fraction of sp³-hybridized carbons (Fsp3) is 0.500. The molecule has 2 rings (SSSR count). The van der Waals surface area contributed by atoms with Gasteiger partial charge in [0.15, 0.2) is 10.8 Å². The zero-order chi connectivity index (χ0) is 14.5. The van der Waals surface area contributed by atoms with Crippen LogP contribution in [-0.4, -0.2) is 31.2 Å². The van der Waals surface area contributed by atoms with E-state index in [0.29, 0.717) is 16.3 Å². The zero-order valence-corrected chi connectivity index (χ0v) is 12.3. The molecule has 0 aromatic carbocycles. The van der Waals surface area contributed by atoms with Gasteiger partial charge in [-0.3, -0.25) is 0 Å². The van der Waals surface area contributed by atoms with Gasteiger partial charge in [0.2, 0.25) is 0 Å². The topological polar surface area (TPSA) is 63.8 Å². The first-order chi connectivity index (χ1) is 9.69. The maximum Gasteiger partial charge on any atom is 0.165 e.